The van der Waals surface area contributed by atoms with Crippen molar-refractivity contribution in [3.8, 4) is 5.75 Å². The summed E-state index contributed by atoms with van der Waals surface area (Å²) in [4.78, 5) is 11.9. The Hall–Kier alpha value is -2.49. The van der Waals surface area contributed by atoms with Gasteiger partial charge in [0, 0.05) is 6.54 Å². The van der Waals surface area contributed by atoms with Crippen molar-refractivity contribution in [2.45, 2.75) is 62.2 Å². The number of hydrogen-bond acceptors (Lipinski definition) is 5. The molecule has 2 aromatic carbocycles. The van der Waals surface area contributed by atoms with Crippen molar-refractivity contribution in [2.24, 2.45) is 0 Å². The third kappa shape index (κ3) is 5.28. The highest BCUT2D eigenvalue weighted by Gasteiger charge is 2.51. The Kier molecular flexibility index (Phi) is 7.53. The lowest BCUT2D eigenvalue weighted by Gasteiger charge is -2.43. The van der Waals surface area contributed by atoms with Crippen molar-refractivity contribution in [3.05, 3.63) is 59.9 Å². The highest BCUT2D eigenvalue weighted by atomic mass is 32.2. The van der Waals surface area contributed by atoms with Crippen LogP contribution in [0.2, 0.25) is 0 Å². The summed E-state index contributed by atoms with van der Waals surface area (Å²) in [5, 5.41) is 20.8. The van der Waals surface area contributed by atoms with Gasteiger partial charge in [0.1, 0.15) is 18.2 Å². The summed E-state index contributed by atoms with van der Waals surface area (Å²) in [6, 6.07) is 9.98. The van der Waals surface area contributed by atoms with E-state index in [9.17, 15) is 27.8 Å². The minimum absolute atomic E-state index is 0.0244. The molecule has 32 heavy (non-hydrogen) atoms. The molecule has 2 unspecified atom stereocenters. The number of halogens is 1. The molecule has 174 valence electrons. The van der Waals surface area contributed by atoms with E-state index in [-0.39, 0.29) is 36.7 Å². The summed E-state index contributed by atoms with van der Waals surface area (Å²) >= 11 is 0. The van der Waals surface area contributed by atoms with Crippen molar-refractivity contribution in [2.75, 3.05) is 6.54 Å². The van der Waals surface area contributed by atoms with E-state index in [1.807, 2.05) is 6.92 Å². The summed E-state index contributed by atoms with van der Waals surface area (Å²) < 4.78 is 46.0. The number of carboxylic acids is 1. The molecule has 1 aliphatic heterocycles. The van der Waals surface area contributed by atoms with E-state index in [1.165, 1.54) is 36.4 Å². The molecule has 0 aromatic heterocycles. The summed E-state index contributed by atoms with van der Waals surface area (Å²) in [6.45, 7) is 2.14. The van der Waals surface area contributed by atoms with Crippen molar-refractivity contribution in [1.82, 2.24) is 4.31 Å². The maximum absolute atomic E-state index is 13.3. The number of aliphatic hydroxyl groups is 1. The predicted molar refractivity (Wildman–Crippen MR) is 116 cm³/mol. The van der Waals surface area contributed by atoms with Crippen LogP contribution in [0.15, 0.2) is 53.4 Å². The molecule has 0 aliphatic carbocycles. The molecule has 0 bridgehead atoms. The summed E-state index contributed by atoms with van der Waals surface area (Å²) in [5.74, 6) is -1.28. The number of rotatable bonds is 9. The topological polar surface area (TPSA) is 104 Å². The van der Waals surface area contributed by atoms with Crippen molar-refractivity contribution in [3.63, 3.8) is 0 Å². The number of piperidine rings is 1. The molecule has 1 heterocycles. The number of carbonyl (C=O) groups is 1. The largest absolute Gasteiger partial charge is 0.489 e. The normalized spacial score (nSPS) is 21.9. The molecule has 7 nitrogen and oxygen atoms in total. The maximum atomic E-state index is 13.3. The highest BCUT2D eigenvalue weighted by Crippen LogP contribution is 2.36. The van der Waals surface area contributed by atoms with Gasteiger partial charge >= 0.3 is 5.97 Å². The number of sulfonamides is 1. The van der Waals surface area contributed by atoms with E-state index in [0.29, 0.717) is 18.6 Å². The van der Waals surface area contributed by atoms with Crippen LogP contribution in [0.25, 0.3) is 0 Å². The minimum atomic E-state index is -4.15. The van der Waals surface area contributed by atoms with E-state index in [1.54, 1.807) is 12.1 Å². The van der Waals surface area contributed by atoms with Crippen LogP contribution in [0.4, 0.5) is 4.39 Å². The lowest BCUT2D eigenvalue weighted by atomic mass is 9.82. The second kappa shape index (κ2) is 9.97. The molecule has 2 atom stereocenters. The Morgan fingerprint density at radius 3 is 2.44 bits per heavy atom. The fourth-order valence-corrected chi connectivity index (χ4v) is 5.71. The minimum Gasteiger partial charge on any atom is -0.489 e. The van der Waals surface area contributed by atoms with E-state index >= 15 is 0 Å². The molecular weight excluding hydrogens is 437 g/mol. The molecule has 1 saturated heterocycles. The third-order valence-electron chi connectivity index (χ3n) is 5.73. The van der Waals surface area contributed by atoms with Gasteiger partial charge < -0.3 is 14.9 Å². The quantitative estimate of drug-likeness (QED) is 0.587. The number of aliphatic carboxylic acids is 1. The molecule has 0 spiro atoms. The standard InChI is InChI=1S/C23H28FNO6S/c1-2-3-13-23(28)14-4-15-25(21(23)22(26)27)32(29,30)20-11-9-19(10-12-20)31-16-17-5-7-18(24)8-6-17/h5-12,21,28H,2-4,13-16H2,1H3,(H,26,27). The molecule has 3 rings (SSSR count). The van der Waals surface area contributed by atoms with Gasteiger partial charge in [-0.15, -0.1) is 0 Å². The van der Waals surface area contributed by atoms with Gasteiger partial charge in [0.25, 0.3) is 0 Å². The zero-order valence-corrected chi connectivity index (χ0v) is 18.7. The molecular formula is C23H28FNO6S. The van der Waals surface area contributed by atoms with Crippen molar-refractivity contribution in [1.29, 1.82) is 0 Å². The molecule has 0 saturated carbocycles. The number of benzene rings is 2. The summed E-state index contributed by atoms with van der Waals surface area (Å²) in [6.07, 6.45) is 2.21. The van der Waals surface area contributed by atoms with E-state index in [4.69, 9.17) is 4.74 Å². The third-order valence-corrected chi connectivity index (χ3v) is 7.61. The first-order valence-corrected chi connectivity index (χ1v) is 12.1. The Balaban J connectivity index is 1.78. The number of ether oxygens (including phenoxy) is 1. The van der Waals surface area contributed by atoms with Crippen molar-refractivity contribution < 1.29 is 32.6 Å². The maximum Gasteiger partial charge on any atom is 0.325 e. The van der Waals surface area contributed by atoms with Gasteiger partial charge in [-0.1, -0.05) is 31.9 Å². The van der Waals surface area contributed by atoms with Crippen LogP contribution in [-0.4, -0.2) is 47.1 Å². The van der Waals surface area contributed by atoms with E-state index < -0.39 is 27.6 Å². The number of unbranched alkanes of at least 4 members (excludes halogenated alkanes) is 1. The summed E-state index contributed by atoms with van der Waals surface area (Å²) in [7, 11) is -4.15. The SMILES string of the molecule is CCCCC1(O)CCCN(S(=O)(=O)c2ccc(OCc3ccc(F)cc3)cc2)C1C(=O)O. The fraction of sp³-hybridized carbons (Fsp3) is 0.435. The first-order chi connectivity index (χ1) is 15.2. The monoisotopic (exact) mass is 465 g/mol. The molecule has 2 aromatic rings. The van der Waals surface area contributed by atoms with Crippen LogP contribution in [0.5, 0.6) is 5.75 Å². The highest BCUT2D eigenvalue weighted by molar-refractivity contribution is 7.89. The zero-order valence-electron chi connectivity index (χ0n) is 17.9. The average molecular weight is 466 g/mol. The number of carboxylic acid groups (broad SMARTS) is 1. The Morgan fingerprint density at radius 2 is 1.84 bits per heavy atom. The first kappa shape index (κ1) is 24.2. The van der Waals surface area contributed by atoms with Gasteiger partial charge in [-0.25, -0.2) is 12.8 Å². The molecule has 1 aliphatic rings. The predicted octanol–water partition coefficient (Wildman–Crippen LogP) is 3.56. The lowest BCUT2D eigenvalue weighted by molar-refractivity contribution is -0.156. The van der Waals surface area contributed by atoms with Crippen LogP contribution in [0.1, 0.15) is 44.6 Å². The van der Waals surface area contributed by atoms with Gasteiger partial charge in [-0.2, -0.15) is 4.31 Å². The number of hydrogen-bond donors (Lipinski definition) is 2. The molecule has 2 N–H and O–H groups in total. The van der Waals surface area contributed by atoms with Crippen LogP contribution in [0, 0.1) is 5.82 Å². The first-order valence-electron chi connectivity index (χ1n) is 10.6. The molecule has 9 heteroatoms. The van der Waals surface area contributed by atoms with Crippen LogP contribution < -0.4 is 4.74 Å². The van der Waals surface area contributed by atoms with Gasteiger partial charge in [0.2, 0.25) is 10.0 Å². The molecule has 0 radical (unpaired) electrons. The van der Waals surface area contributed by atoms with Gasteiger partial charge in [-0.05, 0) is 61.2 Å². The van der Waals surface area contributed by atoms with Crippen molar-refractivity contribution >= 4 is 16.0 Å². The average Bonchev–Trinajstić information content (AvgIpc) is 2.77. The van der Waals surface area contributed by atoms with Gasteiger partial charge in [-0.3, -0.25) is 4.79 Å². The zero-order chi connectivity index (χ0) is 23.4. The summed E-state index contributed by atoms with van der Waals surface area (Å²) in [5.41, 5.74) is -0.849. The van der Waals surface area contributed by atoms with Crippen LogP contribution in [-0.2, 0) is 21.4 Å². The second-order valence-corrected chi connectivity index (χ2v) is 9.94. The Labute approximate surface area is 187 Å². The Morgan fingerprint density at radius 1 is 1.19 bits per heavy atom. The van der Waals surface area contributed by atoms with E-state index in [0.717, 1.165) is 16.3 Å². The number of nitrogens with zero attached hydrogens (tertiary/aromatic N) is 1. The molecule has 1 fully saturated rings. The van der Waals surface area contributed by atoms with Gasteiger partial charge in [0.15, 0.2) is 6.04 Å². The smallest absolute Gasteiger partial charge is 0.325 e. The fourth-order valence-electron chi connectivity index (χ4n) is 4.02. The van der Waals surface area contributed by atoms with Gasteiger partial charge in [0.05, 0.1) is 10.5 Å². The second-order valence-electron chi connectivity index (χ2n) is 8.05. The Bertz CT molecular complexity index is 1030. The van der Waals surface area contributed by atoms with Crippen LogP contribution >= 0.6 is 0 Å². The molecule has 0 amide bonds. The lowest BCUT2D eigenvalue weighted by Crippen LogP contribution is -2.62. The van der Waals surface area contributed by atoms with Crippen LogP contribution in [0.3, 0.4) is 0 Å². The van der Waals surface area contributed by atoms with E-state index in [2.05, 4.69) is 0 Å².